The van der Waals surface area contributed by atoms with E-state index in [1.54, 1.807) is 0 Å². The van der Waals surface area contributed by atoms with Crippen molar-refractivity contribution in [2.45, 2.75) is 12.7 Å². The van der Waals surface area contributed by atoms with E-state index in [1.807, 2.05) is 0 Å². The third-order valence-corrected chi connectivity index (χ3v) is 2.24. The Balaban J connectivity index is 2.76. The van der Waals surface area contributed by atoms with Gasteiger partial charge in [0, 0.05) is 12.0 Å². The van der Waals surface area contributed by atoms with Crippen molar-refractivity contribution in [3.8, 4) is 0 Å². The Morgan fingerprint density at radius 1 is 1.28 bits per heavy atom. The van der Waals surface area contributed by atoms with Gasteiger partial charge in [0.1, 0.15) is 5.82 Å². The number of hydrogen-bond donors (Lipinski definition) is 2. The van der Waals surface area contributed by atoms with Crippen LogP contribution in [0.5, 0.6) is 0 Å². The van der Waals surface area contributed by atoms with E-state index < -0.39 is 25.7 Å². The van der Waals surface area contributed by atoms with Crippen molar-refractivity contribution in [3.05, 3.63) is 29.6 Å². The molecule has 1 rings (SSSR count). The molecule has 0 aliphatic rings. The summed E-state index contributed by atoms with van der Waals surface area (Å²) in [5.74, 6) is -0.813. The summed E-state index contributed by atoms with van der Waals surface area (Å²) in [6, 6.07) is 3.42. The second-order valence-electron chi connectivity index (χ2n) is 4.02. The van der Waals surface area contributed by atoms with E-state index in [9.17, 15) is 17.6 Å². The van der Waals surface area contributed by atoms with Crippen LogP contribution in [0.25, 0.3) is 0 Å². The number of hydrogen-bond acceptors (Lipinski definition) is 3. The predicted molar refractivity (Wildman–Crippen MR) is 58.6 cm³/mol. The highest BCUT2D eigenvalue weighted by Gasteiger charge is 2.29. The highest BCUT2D eigenvalue weighted by molar-refractivity contribution is 6.58. The van der Waals surface area contributed by atoms with E-state index in [0.717, 1.165) is 17.0 Å². The molecule has 8 heteroatoms. The summed E-state index contributed by atoms with van der Waals surface area (Å²) in [6.07, 6.45) is -4.31. The van der Waals surface area contributed by atoms with Gasteiger partial charge in [-0.25, -0.2) is 4.39 Å². The van der Waals surface area contributed by atoms with Crippen LogP contribution in [0.4, 0.5) is 17.6 Å². The van der Waals surface area contributed by atoms with E-state index in [2.05, 4.69) is 0 Å². The molecule has 1 aromatic rings. The van der Waals surface area contributed by atoms with Gasteiger partial charge in [-0.3, -0.25) is 4.90 Å². The zero-order valence-corrected chi connectivity index (χ0v) is 9.58. The van der Waals surface area contributed by atoms with Crippen LogP contribution in [0, 0.1) is 5.82 Å². The maximum atomic E-state index is 13.1. The van der Waals surface area contributed by atoms with E-state index in [1.165, 1.54) is 13.1 Å². The van der Waals surface area contributed by atoms with Crippen molar-refractivity contribution >= 4 is 12.6 Å². The van der Waals surface area contributed by atoms with E-state index in [0.29, 0.717) is 5.56 Å². The first-order chi connectivity index (χ1) is 8.19. The maximum absolute atomic E-state index is 13.1. The van der Waals surface area contributed by atoms with Crippen LogP contribution in [0.2, 0.25) is 0 Å². The number of halogens is 4. The Labute approximate surface area is 102 Å². The molecule has 0 radical (unpaired) electrons. The Morgan fingerprint density at radius 3 is 2.39 bits per heavy atom. The van der Waals surface area contributed by atoms with Gasteiger partial charge < -0.3 is 10.0 Å². The summed E-state index contributed by atoms with van der Waals surface area (Å²) >= 11 is 0. The van der Waals surface area contributed by atoms with Gasteiger partial charge >= 0.3 is 13.3 Å². The van der Waals surface area contributed by atoms with Crippen LogP contribution in [-0.4, -0.2) is 41.8 Å². The fourth-order valence-corrected chi connectivity index (χ4v) is 1.56. The molecule has 0 aliphatic carbocycles. The van der Waals surface area contributed by atoms with Crippen LogP contribution >= 0.6 is 0 Å². The van der Waals surface area contributed by atoms with E-state index in [4.69, 9.17) is 10.0 Å². The van der Waals surface area contributed by atoms with Gasteiger partial charge in [-0.2, -0.15) is 13.2 Å². The van der Waals surface area contributed by atoms with Gasteiger partial charge in [0.05, 0.1) is 6.54 Å². The van der Waals surface area contributed by atoms with Crippen LogP contribution in [0.3, 0.4) is 0 Å². The van der Waals surface area contributed by atoms with Gasteiger partial charge in [-0.05, 0) is 18.7 Å². The van der Waals surface area contributed by atoms with E-state index >= 15 is 0 Å². The Kier molecular flexibility index (Phi) is 4.72. The minimum absolute atomic E-state index is 0.0699. The molecule has 0 saturated heterocycles. The average molecular weight is 265 g/mol. The zero-order valence-electron chi connectivity index (χ0n) is 9.58. The summed E-state index contributed by atoms with van der Waals surface area (Å²) in [5, 5.41) is 17.7. The summed E-state index contributed by atoms with van der Waals surface area (Å²) < 4.78 is 49.4. The minimum atomic E-state index is -4.31. The van der Waals surface area contributed by atoms with Gasteiger partial charge in [-0.15, -0.1) is 0 Å². The standard InChI is InChI=1S/C10H12BF4NO2/c1-16(6-10(13,14)15)5-7-2-3-9(12)8(4-7)11(17)18/h2-4,17-18H,5-6H2,1H3. The molecule has 0 fully saturated rings. The Hall–Kier alpha value is -1.12. The summed E-state index contributed by atoms with van der Waals surface area (Å²) in [4.78, 5) is 1.00. The molecule has 3 nitrogen and oxygen atoms in total. The molecule has 0 aromatic heterocycles. The molecule has 1 aromatic carbocycles. The third-order valence-electron chi connectivity index (χ3n) is 2.24. The van der Waals surface area contributed by atoms with Crippen LogP contribution in [0.15, 0.2) is 18.2 Å². The molecule has 2 N–H and O–H groups in total. The molecule has 18 heavy (non-hydrogen) atoms. The summed E-state index contributed by atoms with van der Waals surface area (Å²) in [7, 11) is -0.718. The number of nitrogens with zero attached hydrogens (tertiary/aromatic N) is 1. The van der Waals surface area contributed by atoms with Crippen LogP contribution in [-0.2, 0) is 6.54 Å². The van der Waals surface area contributed by atoms with Crippen molar-refractivity contribution in [1.82, 2.24) is 4.90 Å². The van der Waals surface area contributed by atoms with Gasteiger partial charge in [0.15, 0.2) is 0 Å². The first kappa shape index (κ1) is 14.9. The first-order valence-corrected chi connectivity index (χ1v) is 5.09. The topological polar surface area (TPSA) is 43.7 Å². The van der Waals surface area contributed by atoms with Crippen molar-refractivity contribution in [3.63, 3.8) is 0 Å². The first-order valence-electron chi connectivity index (χ1n) is 5.09. The monoisotopic (exact) mass is 265 g/mol. The Morgan fingerprint density at radius 2 is 1.89 bits per heavy atom. The van der Waals surface area contributed by atoms with Crippen LogP contribution < -0.4 is 5.46 Å². The van der Waals surface area contributed by atoms with Gasteiger partial charge in [0.2, 0.25) is 0 Å². The van der Waals surface area contributed by atoms with Crippen molar-refractivity contribution in [2.75, 3.05) is 13.6 Å². The highest BCUT2D eigenvalue weighted by Crippen LogP contribution is 2.16. The molecule has 0 aliphatic heterocycles. The molecular formula is C10H12BF4NO2. The predicted octanol–water partition coefficient (Wildman–Crippen LogP) is 0.500. The molecule has 0 unspecified atom stereocenters. The van der Waals surface area contributed by atoms with Gasteiger partial charge in [-0.1, -0.05) is 12.1 Å². The average Bonchev–Trinajstić information content (AvgIpc) is 2.17. The molecule has 0 spiro atoms. The lowest BCUT2D eigenvalue weighted by Gasteiger charge is -2.19. The zero-order chi connectivity index (χ0) is 13.9. The number of benzene rings is 1. The maximum Gasteiger partial charge on any atom is 0.491 e. The normalized spacial score (nSPS) is 12.0. The fourth-order valence-electron chi connectivity index (χ4n) is 1.56. The van der Waals surface area contributed by atoms with Crippen molar-refractivity contribution in [1.29, 1.82) is 0 Å². The van der Waals surface area contributed by atoms with Crippen molar-refractivity contribution < 1.29 is 27.6 Å². The third kappa shape index (κ3) is 4.63. The smallest absolute Gasteiger partial charge is 0.423 e. The van der Waals surface area contributed by atoms with Crippen LogP contribution in [0.1, 0.15) is 5.56 Å². The second kappa shape index (κ2) is 5.68. The van der Waals surface area contributed by atoms with Crippen molar-refractivity contribution in [2.24, 2.45) is 0 Å². The largest absolute Gasteiger partial charge is 0.491 e. The molecule has 0 amide bonds. The molecule has 100 valence electrons. The molecule has 0 saturated carbocycles. The highest BCUT2D eigenvalue weighted by atomic mass is 19.4. The lowest BCUT2D eigenvalue weighted by molar-refractivity contribution is -0.144. The number of rotatable bonds is 4. The molecule has 0 heterocycles. The van der Waals surface area contributed by atoms with Gasteiger partial charge in [0.25, 0.3) is 0 Å². The molecule has 0 atom stereocenters. The quantitative estimate of drug-likeness (QED) is 0.615. The Bertz CT molecular complexity index is 411. The fraction of sp³-hybridized carbons (Fsp3) is 0.400. The number of alkyl halides is 3. The van der Waals surface area contributed by atoms with E-state index in [-0.39, 0.29) is 12.0 Å². The summed E-state index contributed by atoms with van der Waals surface area (Å²) in [5.41, 5.74) is 0.0131. The summed E-state index contributed by atoms with van der Waals surface area (Å²) in [6.45, 7) is -1.17. The minimum Gasteiger partial charge on any atom is -0.423 e. The lowest BCUT2D eigenvalue weighted by atomic mass is 9.79. The lowest BCUT2D eigenvalue weighted by Crippen LogP contribution is -2.34. The molecular weight excluding hydrogens is 253 g/mol. The molecule has 0 bridgehead atoms. The second-order valence-corrected chi connectivity index (χ2v) is 4.02. The SMILES string of the molecule is CN(Cc1ccc(F)c(B(O)O)c1)CC(F)(F)F.